The third-order valence-corrected chi connectivity index (χ3v) is 3.83. The van der Waals surface area contributed by atoms with E-state index in [2.05, 4.69) is 23.9 Å². The number of likely N-dealkylation sites (tertiary alicyclic amines) is 1. The highest BCUT2D eigenvalue weighted by atomic mass is 16.5. The van der Waals surface area contributed by atoms with Crippen LogP contribution in [-0.2, 0) is 6.54 Å². The molecule has 5 nitrogen and oxygen atoms in total. The van der Waals surface area contributed by atoms with E-state index < -0.39 is 0 Å². The first-order chi connectivity index (χ1) is 9.45. The molecule has 1 aromatic carbocycles. The molecule has 0 aromatic heterocycles. The van der Waals surface area contributed by atoms with Crippen molar-refractivity contribution >= 4 is 5.84 Å². The summed E-state index contributed by atoms with van der Waals surface area (Å²) in [7, 11) is 1.66. The normalized spacial score (nSPS) is 19.2. The number of methoxy groups -OCH3 is 1. The largest absolute Gasteiger partial charge is 0.496 e. The lowest BCUT2D eigenvalue weighted by atomic mass is 9.93. The van der Waals surface area contributed by atoms with E-state index in [1.165, 1.54) is 6.42 Å². The first kappa shape index (κ1) is 14.7. The van der Waals surface area contributed by atoms with Crippen LogP contribution in [0.2, 0.25) is 0 Å². The van der Waals surface area contributed by atoms with Crippen LogP contribution in [0.15, 0.2) is 23.4 Å². The van der Waals surface area contributed by atoms with Gasteiger partial charge in [-0.3, -0.25) is 4.90 Å². The molecule has 0 atom stereocenters. The lowest BCUT2D eigenvalue weighted by molar-refractivity contribution is 0.279. The van der Waals surface area contributed by atoms with Crippen LogP contribution in [0.4, 0.5) is 0 Å². The van der Waals surface area contributed by atoms with Crippen molar-refractivity contribution in [2.45, 2.75) is 26.8 Å². The highest BCUT2D eigenvalue weighted by Gasteiger charge is 2.29. The second-order valence-corrected chi connectivity index (χ2v) is 6.14. The summed E-state index contributed by atoms with van der Waals surface area (Å²) in [6, 6.07) is 5.59. The average molecular weight is 277 g/mol. The Balaban J connectivity index is 2.21. The Bertz CT molecular complexity index is 512. The van der Waals surface area contributed by atoms with Crippen molar-refractivity contribution in [2.75, 3.05) is 20.2 Å². The maximum absolute atomic E-state index is 8.78. The second-order valence-electron chi connectivity index (χ2n) is 6.14. The van der Waals surface area contributed by atoms with Crippen molar-refractivity contribution in [2.24, 2.45) is 16.3 Å². The number of amidine groups is 1. The summed E-state index contributed by atoms with van der Waals surface area (Å²) in [6.07, 6.45) is 1.20. The fourth-order valence-electron chi connectivity index (χ4n) is 2.72. The van der Waals surface area contributed by atoms with Crippen LogP contribution >= 0.6 is 0 Å². The maximum atomic E-state index is 8.78. The Kier molecular flexibility index (Phi) is 4.18. The van der Waals surface area contributed by atoms with E-state index in [0.29, 0.717) is 11.0 Å². The zero-order valence-corrected chi connectivity index (χ0v) is 12.4. The summed E-state index contributed by atoms with van der Waals surface area (Å²) in [6.45, 7) is 7.56. The number of hydrogen-bond donors (Lipinski definition) is 2. The van der Waals surface area contributed by atoms with Crippen molar-refractivity contribution in [3.63, 3.8) is 0 Å². The third-order valence-electron chi connectivity index (χ3n) is 3.83. The number of rotatable bonds is 4. The van der Waals surface area contributed by atoms with Gasteiger partial charge in [-0.1, -0.05) is 19.0 Å². The van der Waals surface area contributed by atoms with E-state index in [1.54, 1.807) is 13.2 Å². The van der Waals surface area contributed by atoms with Gasteiger partial charge >= 0.3 is 0 Å². The highest BCUT2D eigenvalue weighted by Crippen LogP contribution is 2.31. The van der Waals surface area contributed by atoms with E-state index in [9.17, 15) is 0 Å². The molecule has 0 amide bonds. The standard InChI is InChI=1S/C15H23N3O2/c1-15(2)6-7-18(10-15)9-12-8-11(14(16)17-19)4-5-13(12)20-3/h4-5,8,19H,6-7,9-10H2,1-3H3,(H2,16,17). The highest BCUT2D eigenvalue weighted by molar-refractivity contribution is 5.97. The minimum Gasteiger partial charge on any atom is -0.496 e. The Morgan fingerprint density at radius 2 is 2.25 bits per heavy atom. The number of ether oxygens (including phenoxy) is 1. The van der Waals surface area contributed by atoms with E-state index in [-0.39, 0.29) is 5.84 Å². The molecule has 1 saturated heterocycles. The van der Waals surface area contributed by atoms with Crippen LogP contribution in [0.3, 0.4) is 0 Å². The van der Waals surface area contributed by atoms with Gasteiger partial charge in [0.1, 0.15) is 5.75 Å². The molecule has 0 unspecified atom stereocenters. The molecule has 1 aliphatic heterocycles. The Morgan fingerprint density at radius 1 is 1.50 bits per heavy atom. The van der Waals surface area contributed by atoms with Gasteiger partial charge in [0.05, 0.1) is 7.11 Å². The molecule has 1 aromatic rings. The van der Waals surface area contributed by atoms with Crippen LogP contribution in [0.5, 0.6) is 5.75 Å². The molecule has 0 radical (unpaired) electrons. The summed E-state index contributed by atoms with van der Waals surface area (Å²) in [5.74, 6) is 0.958. The van der Waals surface area contributed by atoms with Gasteiger partial charge in [0.25, 0.3) is 0 Å². The summed E-state index contributed by atoms with van der Waals surface area (Å²) in [5, 5.41) is 11.8. The van der Waals surface area contributed by atoms with Gasteiger partial charge in [-0.15, -0.1) is 0 Å². The maximum Gasteiger partial charge on any atom is 0.170 e. The summed E-state index contributed by atoms with van der Waals surface area (Å²) in [4.78, 5) is 2.41. The van der Waals surface area contributed by atoms with Crippen molar-refractivity contribution in [1.29, 1.82) is 0 Å². The molecule has 0 saturated carbocycles. The van der Waals surface area contributed by atoms with Crippen molar-refractivity contribution in [1.82, 2.24) is 4.90 Å². The molecule has 1 fully saturated rings. The van der Waals surface area contributed by atoms with Crippen LogP contribution in [0, 0.1) is 5.41 Å². The minimum absolute atomic E-state index is 0.121. The molecule has 3 N–H and O–H groups in total. The van der Waals surface area contributed by atoms with E-state index in [1.807, 2.05) is 12.1 Å². The fourth-order valence-corrected chi connectivity index (χ4v) is 2.72. The molecule has 2 rings (SSSR count). The van der Waals surface area contributed by atoms with Crippen LogP contribution in [-0.4, -0.2) is 36.1 Å². The minimum atomic E-state index is 0.121. The third kappa shape index (κ3) is 3.22. The lowest BCUT2D eigenvalue weighted by Gasteiger charge is -2.21. The second kappa shape index (κ2) is 5.71. The Hall–Kier alpha value is -1.75. The number of hydrogen-bond acceptors (Lipinski definition) is 4. The van der Waals surface area contributed by atoms with E-state index in [4.69, 9.17) is 15.7 Å². The Morgan fingerprint density at radius 3 is 2.80 bits per heavy atom. The smallest absolute Gasteiger partial charge is 0.170 e. The monoisotopic (exact) mass is 277 g/mol. The molecule has 1 heterocycles. The van der Waals surface area contributed by atoms with Gasteiger partial charge in [-0.2, -0.15) is 0 Å². The van der Waals surface area contributed by atoms with Gasteiger partial charge < -0.3 is 15.7 Å². The number of nitrogens with two attached hydrogens (primary N) is 1. The first-order valence-electron chi connectivity index (χ1n) is 6.82. The van der Waals surface area contributed by atoms with Crippen LogP contribution < -0.4 is 10.5 Å². The van der Waals surface area contributed by atoms with E-state index in [0.717, 1.165) is 30.9 Å². The van der Waals surface area contributed by atoms with Crippen LogP contribution in [0.25, 0.3) is 0 Å². The lowest BCUT2D eigenvalue weighted by Crippen LogP contribution is -2.23. The zero-order chi connectivity index (χ0) is 14.8. The summed E-state index contributed by atoms with van der Waals surface area (Å²) >= 11 is 0. The quantitative estimate of drug-likeness (QED) is 0.382. The van der Waals surface area contributed by atoms with Gasteiger partial charge in [0.15, 0.2) is 5.84 Å². The number of nitrogens with zero attached hydrogens (tertiary/aromatic N) is 2. The molecule has 0 bridgehead atoms. The molecule has 5 heteroatoms. The average Bonchev–Trinajstić information content (AvgIpc) is 2.77. The number of benzene rings is 1. The van der Waals surface area contributed by atoms with Crippen molar-refractivity contribution in [3.8, 4) is 5.75 Å². The predicted octanol–water partition coefficient (Wildman–Crippen LogP) is 2.02. The number of oxime groups is 1. The molecule has 110 valence electrons. The van der Waals surface area contributed by atoms with Crippen molar-refractivity contribution < 1.29 is 9.94 Å². The SMILES string of the molecule is COc1ccc(/C(N)=N/O)cc1CN1CCC(C)(C)C1. The van der Waals surface area contributed by atoms with Gasteiger partial charge in [-0.05, 0) is 36.6 Å². The first-order valence-corrected chi connectivity index (χ1v) is 6.82. The summed E-state index contributed by atoms with van der Waals surface area (Å²) < 4.78 is 5.41. The molecule has 0 spiro atoms. The predicted molar refractivity (Wildman–Crippen MR) is 79.2 cm³/mol. The molecule has 0 aliphatic carbocycles. The van der Waals surface area contributed by atoms with Gasteiger partial charge in [0.2, 0.25) is 0 Å². The van der Waals surface area contributed by atoms with Gasteiger partial charge in [0, 0.05) is 24.2 Å². The molecular formula is C15H23N3O2. The summed E-state index contributed by atoms with van der Waals surface area (Å²) in [5.41, 5.74) is 7.80. The van der Waals surface area contributed by atoms with E-state index >= 15 is 0 Å². The Labute approximate surface area is 120 Å². The van der Waals surface area contributed by atoms with Crippen LogP contribution in [0.1, 0.15) is 31.4 Å². The van der Waals surface area contributed by atoms with Gasteiger partial charge in [-0.25, -0.2) is 0 Å². The zero-order valence-electron chi connectivity index (χ0n) is 12.4. The molecular weight excluding hydrogens is 254 g/mol. The van der Waals surface area contributed by atoms with Crippen molar-refractivity contribution in [3.05, 3.63) is 29.3 Å². The molecule has 20 heavy (non-hydrogen) atoms. The topological polar surface area (TPSA) is 71.1 Å². The molecule has 1 aliphatic rings. The fraction of sp³-hybridized carbons (Fsp3) is 0.533.